The Kier molecular flexibility index (Phi) is 5.33. The molecule has 0 aliphatic heterocycles. The molecule has 2 aliphatic carbocycles. The molecule has 1 heterocycles. The van der Waals surface area contributed by atoms with Gasteiger partial charge < -0.3 is 9.74 Å². The van der Waals surface area contributed by atoms with E-state index in [0.29, 0.717) is 5.92 Å². The topological polar surface area (TPSA) is 53.5 Å². The standard InChI is InChI=1S/C27H30N4O/c1-31(2)22-14-12-21(13-15-22)27(20-10-5-4-6-11-20)17-16-23-24(18-27)28-29-26(23)25(30-32-3)19-8-7-9-19/h4-6,10-17,19H,7-9,18H2,1-3H3,(H,28,29). The first-order valence-corrected chi connectivity index (χ1v) is 11.3. The first-order chi connectivity index (χ1) is 15.6. The van der Waals surface area contributed by atoms with Gasteiger partial charge >= 0.3 is 0 Å². The fraction of sp³-hybridized carbons (Fsp3) is 0.333. The summed E-state index contributed by atoms with van der Waals surface area (Å²) in [6.07, 6.45) is 8.95. The highest BCUT2D eigenvalue weighted by Crippen LogP contribution is 2.43. The molecule has 1 fully saturated rings. The maximum absolute atomic E-state index is 5.19. The van der Waals surface area contributed by atoms with Crippen molar-refractivity contribution in [3.8, 4) is 0 Å². The van der Waals surface area contributed by atoms with Gasteiger partial charge in [0.05, 0.1) is 0 Å². The van der Waals surface area contributed by atoms with Crippen LogP contribution in [0.1, 0.15) is 47.3 Å². The molecule has 2 aliphatic rings. The zero-order chi connectivity index (χ0) is 22.1. The Hall–Kier alpha value is -3.34. The zero-order valence-electron chi connectivity index (χ0n) is 19.0. The molecule has 5 rings (SSSR count). The van der Waals surface area contributed by atoms with Gasteiger partial charge in [-0.3, -0.25) is 5.10 Å². The average Bonchev–Trinajstić information content (AvgIpc) is 3.21. The number of fused-ring (bicyclic) bond motifs is 1. The number of allylic oxidation sites excluding steroid dienone is 1. The highest BCUT2D eigenvalue weighted by molar-refractivity contribution is 6.04. The molecule has 0 spiro atoms. The maximum atomic E-state index is 5.19. The molecule has 0 bridgehead atoms. The molecule has 1 atom stereocenters. The van der Waals surface area contributed by atoms with Crippen LogP contribution in [0.3, 0.4) is 0 Å². The molecule has 1 N–H and O–H groups in total. The summed E-state index contributed by atoms with van der Waals surface area (Å²) in [7, 11) is 5.76. The smallest absolute Gasteiger partial charge is 0.117 e. The molecular weight excluding hydrogens is 396 g/mol. The second-order valence-corrected chi connectivity index (χ2v) is 9.04. The maximum Gasteiger partial charge on any atom is 0.117 e. The predicted octanol–water partition coefficient (Wildman–Crippen LogP) is 5.18. The van der Waals surface area contributed by atoms with Crippen LogP contribution in [0.4, 0.5) is 5.69 Å². The fourth-order valence-corrected chi connectivity index (χ4v) is 4.91. The SMILES string of the molecule is CON=C(c1n[nH]c2c1C=CC(c1ccccc1)(c1ccc(N(C)C)cc1)C2)C1CCC1. The minimum absolute atomic E-state index is 0.252. The average molecular weight is 427 g/mol. The summed E-state index contributed by atoms with van der Waals surface area (Å²) in [5, 5.41) is 12.4. The van der Waals surface area contributed by atoms with Crippen molar-refractivity contribution in [2.45, 2.75) is 31.1 Å². The van der Waals surface area contributed by atoms with Crippen LogP contribution in [-0.2, 0) is 16.7 Å². The number of aromatic amines is 1. The number of benzene rings is 2. The van der Waals surface area contributed by atoms with Gasteiger partial charge in [0.1, 0.15) is 18.5 Å². The first kappa shape index (κ1) is 20.6. The molecular formula is C27H30N4O. The number of anilines is 1. The zero-order valence-corrected chi connectivity index (χ0v) is 19.0. The number of aromatic nitrogens is 2. The van der Waals surface area contributed by atoms with E-state index >= 15 is 0 Å². The number of nitrogens with one attached hydrogen (secondary N) is 1. The predicted molar refractivity (Wildman–Crippen MR) is 130 cm³/mol. The highest BCUT2D eigenvalue weighted by atomic mass is 16.6. The van der Waals surface area contributed by atoms with E-state index in [2.05, 4.69) is 96.0 Å². The van der Waals surface area contributed by atoms with Crippen molar-refractivity contribution in [2.24, 2.45) is 11.1 Å². The van der Waals surface area contributed by atoms with Crippen molar-refractivity contribution in [1.82, 2.24) is 10.2 Å². The Bertz CT molecular complexity index is 1140. The summed E-state index contributed by atoms with van der Waals surface area (Å²) >= 11 is 0. The van der Waals surface area contributed by atoms with Gasteiger partial charge in [-0.05, 0) is 36.1 Å². The summed E-state index contributed by atoms with van der Waals surface area (Å²) in [5.74, 6) is 0.440. The van der Waals surface area contributed by atoms with Gasteiger partial charge in [-0.1, -0.05) is 66.2 Å². The summed E-state index contributed by atoms with van der Waals surface area (Å²) in [6, 6.07) is 19.6. The Labute approximate surface area is 189 Å². The lowest BCUT2D eigenvalue weighted by molar-refractivity contribution is 0.208. The second-order valence-electron chi connectivity index (χ2n) is 9.04. The van der Waals surface area contributed by atoms with E-state index in [-0.39, 0.29) is 5.41 Å². The number of H-pyrrole nitrogens is 1. The molecule has 0 saturated heterocycles. The van der Waals surface area contributed by atoms with Crippen molar-refractivity contribution in [1.29, 1.82) is 0 Å². The van der Waals surface area contributed by atoms with Gasteiger partial charge in [0.15, 0.2) is 0 Å². The van der Waals surface area contributed by atoms with Gasteiger partial charge in [-0.2, -0.15) is 5.10 Å². The molecule has 3 aromatic rings. The highest BCUT2D eigenvalue weighted by Gasteiger charge is 2.38. The monoisotopic (exact) mass is 426 g/mol. The van der Waals surface area contributed by atoms with Crippen LogP contribution in [0.2, 0.25) is 0 Å². The van der Waals surface area contributed by atoms with Crippen molar-refractivity contribution in [3.63, 3.8) is 0 Å². The van der Waals surface area contributed by atoms with Crippen molar-refractivity contribution in [2.75, 3.05) is 26.1 Å². The van der Waals surface area contributed by atoms with Gasteiger partial charge in [0, 0.05) is 48.8 Å². The Morgan fingerprint density at radius 2 is 1.78 bits per heavy atom. The quantitative estimate of drug-likeness (QED) is 0.436. The van der Waals surface area contributed by atoms with Crippen molar-refractivity contribution >= 4 is 17.5 Å². The van der Waals surface area contributed by atoms with Crippen LogP contribution in [0.15, 0.2) is 65.8 Å². The van der Waals surface area contributed by atoms with Crippen LogP contribution in [0, 0.1) is 5.92 Å². The van der Waals surface area contributed by atoms with Crippen LogP contribution < -0.4 is 4.90 Å². The number of hydrogen-bond donors (Lipinski definition) is 1. The number of hydrogen-bond acceptors (Lipinski definition) is 4. The normalized spacial score (nSPS) is 20.5. The van der Waals surface area contributed by atoms with Crippen molar-refractivity contribution < 1.29 is 4.84 Å². The van der Waals surface area contributed by atoms with E-state index < -0.39 is 0 Å². The molecule has 5 heteroatoms. The third-order valence-electron chi connectivity index (χ3n) is 6.98. The second kappa shape index (κ2) is 8.30. The third kappa shape index (κ3) is 3.42. The lowest BCUT2D eigenvalue weighted by Crippen LogP contribution is -2.31. The molecule has 32 heavy (non-hydrogen) atoms. The van der Waals surface area contributed by atoms with E-state index in [4.69, 9.17) is 9.94 Å². The first-order valence-electron chi connectivity index (χ1n) is 11.3. The summed E-state index contributed by atoms with van der Waals surface area (Å²) in [5.41, 5.74) is 7.70. The molecule has 164 valence electrons. The van der Waals surface area contributed by atoms with Crippen LogP contribution in [-0.4, -0.2) is 37.1 Å². The van der Waals surface area contributed by atoms with E-state index in [1.165, 1.54) is 23.2 Å². The van der Waals surface area contributed by atoms with E-state index in [1.807, 2.05) is 0 Å². The van der Waals surface area contributed by atoms with E-state index in [0.717, 1.165) is 41.9 Å². The van der Waals surface area contributed by atoms with Crippen LogP contribution in [0.5, 0.6) is 0 Å². The summed E-state index contributed by atoms with van der Waals surface area (Å²) in [4.78, 5) is 7.32. The lowest BCUT2D eigenvalue weighted by atomic mass is 9.68. The molecule has 0 radical (unpaired) electrons. The Morgan fingerprint density at radius 1 is 1.06 bits per heavy atom. The van der Waals surface area contributed by atoms with Gasteiger partial charge in [-0.15, -0.1) is 0 Å². The third-order valence-corrected chi connectivity index (χ3v) is 6.98. The van der Waals surface area contributed by atoms with Crippen LogP contribution in [0.25, 0.3) is 6.08 Å². The number of oxime groups is 1. The fourth-order valence-electron chi connectivity index (χ4n) is 4.91. The summed E-state index contributed by atoms with van der Waals surface area (Å²) < 4.78 is 0. The summed E-state index contributed by atoms with van der Waals surface area (Å²) in [6.45, 7) is 0. The van der Waals surface area contributed by atoms with Gasteiger partial charge in [0.2, 0.25) is 0 Å². The van der Waals surface area contributed by atoms with E-state index in [1.54, 1.807) is 7.11 Å². The minimum atomic E-state index is -0.252. The minimum Gasteiger partial charge on any atom is -0.399 e. The number of nitrogens with zero attached hydrogens (tertiary/aromatic N) is 3. The number of rotatable bonds is 6. The molecule has 0 amide bonds. The van der Waals surface area contributed by atoms with Crippen LogP contribution >= 0.6 is 0 Å². The molecule has 5 nitrogen and oxygen atoms in total. The molecule has 1 aromatic heterocycles. The Balaban J connectivity index is 1.59. The van der Waals surface area contributed by atoms with Gasteiger partial charge in [-0.25, -0.2) is 0 Å². The largest absolute Gasteiger partial charge is 0.399 e. The molecule has 1 saturated carbocycles. The lowest BCUT2D eigenvalue weighted by Gasteiger charge is -2.35. The molecule has 2 aromatic carbocycles. The Morgan fingerprint density at radius 3 is 2.41 bits per heavy atom. The van der Waals surface area contributed by atoms with E-state index in [9.17, 15) is 0 Å². The molecule has 1 unspecified atom stereocenters. The van der Waals surface area contributed by atoms with Crippen molar-refractivity contribution in [3.05, 3.63) is 88.8 Å². The van der Waals surface area contributed by atoms with Gasteiger partial charge in [0.25, 0.3) is 0 Å².